The zero-order valence-corrected chi connectivity index (χ0v) is 27.1. The minimum absolute atomic E-state index is 0.103. The highest BCUT2D eigenvalue weighted by Gasteiger charge is 2.36. The number of epoxide rings is 1. The third-order valence-electron chi connectivity index (χ3n) is 7.90. The lowest BCUT2D eigenvalue weighted by molar-refractivity contribution is -0.161. The van der Waals surface area contributed by atoms with Gasteiger partial charge in [-0.15, -0.1) is 0 Å². The molecular formula is C36H62O6. The van der Waals surface area contributed by atoms with Crippen LogP contribution in [0.25, 0.3) is 0 Å². The van der Waals surface area contributed by atoms with Gasteiger partial charge in [0.15, 0.2) is 6.10 Å². The number of carbonyl (C=O) groups excluding carboxylic acids is 2. The summed E-state index contributed by atoms with van der Waals surface area (Å²) in [5, 5.41) is 9.51. The molecule has 0 bridgehead atoms. The van der Waals surface area contributed by atoms with E-state index in [1.54, 1.807) is 0 Å². The second-order valence-electron chi connectivity index (χ2n) is 11.9. The summed E-state index contributed by atoms with van der Waals surface area (Å²) in [6.45, 7) is 6.32. The lowest BCUT2D eigenvalue weighted by Crippen LogP contribution is -2.28. The molecule has 1 aliphatic heterocycles. The molecule has 0 saturated carbocycles. The summed E-state index contributed by atoms with van der Waals surface area (Å²) in [6, 6.07) is 0. The minimum Gasteiger partial charge on any atom is -0.462 e. The van der Waals surface area contributed by atoms with E-state index in [0.29, 0.717) is 19.3 Å². The Balaban J connectivity index is 1.99. The Labute approximate surface area is 257 Å². The zero-order valence-electron chi connectivity index (χ0n) is 27.1. The summed E-state index contributed by atoms with van der Waals surface area (Å²) in [4.78, 5) is 24.2. The van der Waals surface area contributed by atoms with Crippen LogP contribution in [0.4, 0.5) is 0 Å². The van der Waals surface area contributed by atoms with Crippen molar-refractivity contribution in [1.29, 1.82) is 0 Å². The van der Waals surface area contributed by atoms with Crippen molar-refractivity contribution in [3.8, 4) is 0 Å². The molecule has 42 heavy (non-hydrogen) atoms. The van der Waals surface area contributed by atoms with Crippen molar-refractivity contribution in [2.45, 2.75) is 161 Å². The molecule has 0 aromatic rings. The van der Waals surface area contributed by atoms with Crippen LogP contribution < -0.4 is 0 Å². The first kappa shape index (κ1) is 38.1. The fourth-order valence-electron chi connectivity index (χ4n) is 4.79. The minimum atomic E-state index is -0.799. The van der Waals surface area contributed by atoms with Crippen LogP contribution in [0.15, 0.2) is 36.5 Å². The number of ether oxygens (including phenoxy) is 3. The first-order chi connectivity index (χ1) is 20.5. The number of hydrogen-bond donors (Lipinski definition) is 1. The van der Waals surface area contributed by atoms with Gasteiger partial charge in [-0.25, -0.2) is 0 Å². The summed E-state index contributed by atoms with van der Waals surface area (Å²) in [7, 11) is 0. The fourth-order valence-corrected chi connectivity index (χ4v) is 4.79. The van der Waals surface area contributed by atoms with E-state index in [9.17, 15) is 14.7 Å². The van der Waals surface area contributed by atoms with E-state index in [2.05, 4.69) is 57.2 Å². The summed E-state index contributed by atoms with van der Waals surface area (Å²) in [5.74, 6) is 0.142. The Morgan fingerprint density at radius 2 is 1.45 bits per heavy atom. The van der Waals surface area contributed by atoms with Crippen LogP contribution in [-0.4, -0.2) is 48.6 Å². The van der Waals surface area contributed by atoms with Crippen molar-refractivity contribution in [3.05, 3.63) is 36.5 Å². The molecule has 1 aliphatic rings. The normalized spacial score (nSPS) is 18.2. The second-order valence-corrected chi connectivity index (χ2v) is 11.9. The van der Waals surface area contributed by atoms with Gasteiger partial charge < -0.3 is 19.3 Å². The van der Waals surface area contributed by atoms with Crippen LogP contribution in [0.1, 0.15) is 143 Å². The summed E-state index contributed by atoms with van der Waals surface area (Å²) in [6.07, 6.45) is 32.3. The van der Waals surface area contributed by atoms with Crippen molar-refractivity contribution in [3.63, 3.8) is 0 Å². The van der Waals surface area contributed by atoms with E-state index < -0.39 is 6.10 Å². The van der Waals surface area contributed by atoms with E-state index in [1.807, 2.05) is 0 Å². The zero-order chi connectivity index (χ0) is 30.7. The van der Waals surface area contributed by atoms with Gasteiger partial charge in [0.25, 0.3) is 0 Å². The molecule has 0 radical (unpaired) electrons. The Morgan fingerprint density at radius 1 is 0.786 bits per heavy atom. The van der Waals surface area contributed by atoms with Crippen molar-refractivity contribution >= 4 is 11.9 Å². The van der Waals surface area contributed by atoms with E-state index in [4.69, 9.17) is 14.2 Å². The lowest BCUT2D eigenvalue weighted by Gasteiger charge is -2.15. The van der Waals surface area contributed by atoms with Gasteiger partial charge in [0.05, 0.1) is 18.8 Å². The molecule has 0 aromatic heterocycles. The number of allylic oxidation sites excluding steroid dienone is 5. The largest absolute Gasteiger partial charge is 0.462 e. The molecule has 3 unspecified atom stereocenters. The average Bonchev–Trinajstić information content (AvgIpc) is 3.74. The van der Waals surface area contributed by atoms with Gasteiger partial charge in [0.2, 0.25) is 0 Å². The number of aliphatic hydroxyl groups is 1. The van der Waals surface area contributed by atoms with Gasteiger partial charge in [-0.05, 0) is 57.3 Å². The predicted octanol–water partition coefficient (Wildman–Crippen LogP) is 8.96. The quantitative estimate of drug-likeness (QED) is 0.0424. The summed E-state index contributed by atoms with van der Waals surface area (Å²) in [5.41, 5.74) is 0. The molecule has 6 nitrogen and oxygen atoms in total. The molecule has 1 heterocycles. The standard InChI is InChI=1S/C36H62O6/c1-4-6-7-8-9-10-11-12-13-14-18-21-25-33-34(42-33)26-23-28-35(38)40-30-32(29-37)41-36(39)27-22-19-16-15-17-20-24-31(3)5-2/h9-10,12-13,18,21,31-34,37H,4-8,11,14-17,19-20,22-30H2,1-3H3/b10-9-,13-12-,21-18-/t31?,32-,33?,34?/m0/s1. The molecule has 0 amide bonds. The highest BCUT2D eigenvalue weighted by molar-refractivity contribution is 5.70. The molecule has 6 heteroatoms. The number of rotatable bonds is 28. The number of esters is 2. The van der Waals surface area contributed by atoms with Crippen LogP contribution in [0.2, 0.25) is 0 Å². The summed E-state index contributed by atoms with van der Waals surface area (Å²) >= 11 is 0. The molecule has 0 aromatic carbocycles. The molecule has 1 saturated heterocycles. The van der Waals surface area contributed by atoms with Gasteiger partial charge in [0, 0.05) is 12.8 Å². The van der Waals surface area contributed by atoms with Gasteiger partial charge in [-0.2, -0.15) is 0 Å². The smallest absolute Gasteiger partial charge is 0.306 e. The average molecular weight is 591 g/mol. The monoisotopic (exact) mass is 590 g/mol. The van der Waals surface area contributed by atoms with E-state index in [1.165, 1.54) is 57.8 Å². The molecule has 0 spiro atoms. The fraction of sp³-hybridized carbons (Fsp3) is 0.778. The highest BCUT2D eigenvalue weighted by atomic mass is 16.6. The van der Waals surface area contributed by atoms with Crippen LogP contribution in [-0.2, 0) is 23.8 Å². The predicted molar refractivity (Wildman–Crippen MR) is 172 cm³/mol. The van der Waals surface area contributed by atoms with Crippen LogP contribution in [0, 0.1) is 5.92 Å². The van der Waals surface area contributed by atoms with E-state index >= 15 is 0 Å². The van der Waals surface area contributed by atoms with E-state index in [-0.39, 0.29) is 37.4 Å². The van der Waals surface area contributed by atoms with Gasteiger partial charge in [-0.1, -0.05) is 115 Å². The van der Waals surface area contributed by atoms with Crippen molar-refractivity contribution < 1.29 is 28.9 Å². The Morgan fingerprint density at radius 3 is 2.17 bits per heavy atom. The highest BCUT2D eigenvalue weighted by Crippen LogP contribution is 2.30. The maximum absolute atomic E-state index is 12.1. The summed E-state index contributed by atoms with van der Waals surface area (Å²) < 4.78 is 16.3. The Kier molecular flexibility index (Phi) is 24.2. The lowest BCUT2D eigenvalue weighted by atomic mass is 10.00. The van der Waals surface area contributed by atoms with Crippen molar-refractivity contribution in [2.75, 3.05) is 13.2 Å². The second kappa shape index (κ2) is 26.7. The van der Waals surface area contributed by atoms with Crippen molar-refractivity contribution in [2.24, 2.45) is 5.92 Å². The molecule has 1 N–H and O–H groups in total. The first-order valence-corrected chi connectivity index (χ1v) is 17.1. The molecule has 0 aliphatic carbocycles. The molecule has 1 rings (SSSR count). The Bertz CT molecular complexity index is 758. The number of unbranched alkanes of at least 4 members (excludes halogenated alkanes) is 8. The topological polar surface area (TPSA) is 85.4 Å². The van der Waals surface area contributed by atoms with Crippen molar-refractivity contribution in [1.82, 2.24) is 0 Å². The van der Waals surface area contributed by atoms with Gasteiger partial charge in [-0.3, -0.25) is 9.59 Å². The SMILES string of the molecule is CCCCC/C=C\C/C=C\C/C=C\CC1OC1CCCC(=O)OC[C@H](CO)OC(=O)CCCCCCCCC(C)CC. The van der Waals surface area contributed by atoms with Crippen LogP contribution in [0.5, 0.6) is 0 Å². The number of carbonyl (C=O) groups is 2. The van der Waals surface area contributed by atoms with Gasteiger partial charge in [0.1, 0.15) is 6.61 Å². The molecule has 4 atom stereocenters. The maximum atomic E-state index is 12.1. The number of hydrogen-bond acceptors (Lipinski definition) is 6. The number of aliphatic hydroxyl groups excluding tert-OH is 1. The van der Waals surface area contributed by atoms with Crippen LogP contribution in [0.3, 0.4) is 0 Å². The maximum Gasteiger partial charge on any atom is 0.306 e. The third kappa shape index (κ3) is 22.6. The molecule has 242 valence electrons. The van der Waals surface area contributed by atoms with Gasteiger partial charge >= 0.3 is 11.9 Å². The van der Waals surface area contributed by atoms with E-state index in [0.717, 1.165) is 50.9 Å². The molecule has 1 fully saturated rings. The first-order valence-electron chi connectivity index (χ1n) is 17.1. The van der Waals surface area contributed by atoms with Crippen LogP contribution >= 0.6 is 0 Å². The Hall–Kier alpha value is -1.92. The third-order valence-corrected chi connectivity index (χ3v) is 7.90. The molecular weight excluding hydrogens is 528 g/mol.